The van der Waals surface area contributed by atoms with Crippen LogP contribution in [0.15, 0.2) is 200 Å². The van der Waals surface area contributed by atoms with Crippen molar-refractivity contribution in [1.82, 2.24) is 34.1 Å². The molecule has 0 aliphatic heterocycles. The number of aryl methyl sites for hydroxylation is 12. The number of rotatable bonds is 1. The summed E-state index contributed by atoms with van der Waals surface area (Å²) in [5.74, 6) is -4.47. The summed E-state index contributed by atoms with van der Waals surface area (Å²) in [6.07, 6.45) is 3.71. The van der Waals surface area contributed by atoms with Crippen molar-refractivity contribution in [1.29, 1.82) is 0 Å². The van der Waals surface area contributed by atoms with Crippen molar-refractivity contribution >= 4 is 65.3 Å². The number of fused-ring (bicyclic) bond motifs is 8. The van der Waals surface area contributed by atoms with Gasteiger partial charge in [0, 0.05) is 126 Å². The zero-order valence-electron chi connectivity index (χ0n) is 52.7. The molecule has 0 spiro atoms. The molecule has 8 aromatic carbocycles. The minimum Gasteiger partial charge on any atom is -0.344 e. The predicted molar refractivity (Wildman–Crippen MR) is 359 cm³/mol. The Kier molecular flexibility index (Phi) is 21.1. The Balaban J connectivity index is 0.000000135. The maximum atomic E-state index is 12.7. The summed E-state index contributed by atoms with van der Waals surface area (Å²) in [6, 6.07) is 65.5. The summed E-state index contributed by atoms with van der Waals surface area (Å²) < 4.78 is 55.1. The number of para-hydroxylation sites is 3. The second-order valence-electron chi connectivity index (χ2n) is 22.1. The van der Waals surface area contributed by atoms with E-state index in [1.54, 1.807) is 0 Å². The lowest BCUT2D eigenvalue weighted by atomic mass is 9.96. The van der Waals surface area contributed by atoms with Gasteiger partial charge in [0.05, 0.1) is 5.52 Å². The maximum Gasteiger partial charge on any atom is 0.165 e. The van der Waals surface area contributed by atoms with Gasteiger partial charge in [0.2, 0.25) is 0 Å². The van der Waals surface area contributed by atoms with Gasteiger partial charge in [-0.3, -0.25) is 15.0 Å². The summed E-state index contributed by atoms with van der Waals surface area (Å²) in [5, 5.41) is 9.05. The van der Waals surface area contributed by atoms with Crippen molar-refractivity contribution in [3.8, 4) is 11.1 Å². The molecule has 14 rings (SSSR count). The number of nitrogens with zero attached hydrogens (tertiary/aromatic N) is 7. The summed E-state index contributed by atoms with van der Waals surface area (Å²) in [6.45, 7) is 22.4. The van der Waals surface area contributed by atoms with E-state index in [4.69, 9.17) is 0 Å². The molecule has 0 unspecified atom stereocenters. The van der Waals surface area contributed by atoms with Crippen LogP contribution in [0.2, 0.25) is 0 Å². The molecule has 11 heteroatoms. The summed E-state index contributed by atoms with van der Waals surface area (Å²) in [7, 11) is 4.25. The van der Waals surface area contributed by atoms with Crippen molar-refractivity contribution in [3.63, 3.8) is 0 Å². The Morgan fingerprint density at radius 2 is 0.750 bits per heavy atom. The number of benzene rings is 8. The van der Waals surface area contributed by atoms with Crippen LogP contribution in [0.5, 0.6) is 0 Å². The zero-order valence-corrected chi connectivity index (χ0v) is 52.7. The third-order valence-electron chi connectivity index (χ3n) is 15.1. The third kappa shape index (κ3) is 15.2. The monoisotopic (exact) mass is 1170 g/mol. The van der Waals surface area contributed by atoms with E-state index in [1.807, 2.05) is 102 Å². The molecule has 0 fully saturated rings. The fraction of sp³-hybridized carbons (Fsp3) is 0.182. The molecule has 0 atom stereocenters. The molecule has 446 valence electrons. The van der Waals surface area contributed by atoms with Crippen LogP contribution in [-0.4, -0.2) is 34.1 Å². The Morgan fingerprint density at radius 1 is 0.307 bits per heavy atom. The lowest BCUT2D eigenvalue weighted by Crippen LogP contribution is -2.02. The molecule has 88 heavy (non-hydrogen) atoms. The van der Waals surface area contributed by atoms with Crippen LogP contribution in [0.4, 0.5) is 17.6 Å². The smallest absolute Gasteiger partial charge is 0.165 e. The highest BCUT2D eigenvalue weighted by atomic mass is 19.2. The fourth-order valence-corrected chi connectivity index (χ4v) is 10.7. The van der Waals surface area contributed by atoms with Gasteiger partial charge in [-0.05, 0) is 159 Å². The molecule has 0 N–H and O–H groups in total. The highest BCUT2D eigenvalue weighted by Gasteiger charge is 2.20. The summed E-state index contributed by atoms with van der Waals surface area (Å²) in [4.78, 5) is 21.5. The van der Waals surface area contributed by atoms with E-state index < -0.39 is 34.4 Å². The third-order valence-corrected chi connectivity index (χ3v) is 15.1. The Labute approximate surface area is 514 Å². The van der Waals surface area contributed by atoms with Crippen LogP contribution >= 0.6 is 0 Å². The second kappa shape index (κ2) is 29.0. The first-order valence-corrected chi connectivity index (χ1v) is 29.2. The molecule has 0 saturated carbocycles. The molecule has 0 aliphatic carbocycles. The van der Waals surface area contributed by atoms with E-state index in [1.165, 1.54) is 87.8 Å². The molecule has 0 amide bonds. The topological polar surface area (TPSA) is 74.3 Å². The number of halogens is 4. The number of pyridine rings is 3. The predicted octanol–water partition coefficient (Wildman–Crippen LogP) is 20.3. The lowest BCUT2D eigenvalue weighted by Gasteiger charge is -2.12. The molecule has 6 aromatic heterocycles. The van der Waals surface area contributed by atoms with Gasteiger partial charge >= 0.3 is 0 Å². The normalized spacial score (nSPS) is 10.6. The SMILES string of the molecule is Cc1c(F)c(F)c(C)c(F)c1F.Cc1ccc2c(c1)c1ccccc1n2C.Cc1ccc2c3ccccc3n(C)c2c1.Cc1cccc(C)n1.Cc1cncc(C)c1.Cc1nc(C)c2ccccc2c1-c1ccccc1.Cc1nc(C)c2ccccc2n1. The van der Waals surface area contributed by atoms with Crippen LogP contribution in [0.1, 0.15) is 67.7 Å². The van der Waals surface area contributed by atoms with Gasteiger partial charge in [-0.1, -0.05) is 145 Å². The van der Waals surface area contributed by atoms with Crippen molar-refractivity contribution in [3.05, 3.63) is 291 Å². The molecule has 0 saturated heterocycles. The number of aromatic nitrogens is 7. The summed E-state index contributed by atoms with van der Waals surface area (Å²) in [5.41, 5.74) is 18.0. The molecule has 0 radical (unpaired) electrons. The molecular formula is C77H75F4N7. The maximum absolute atomic E-state index is 12.7. The molecule has 14 aromatic rings. The van der Waals surface area contributed by atoms with Crippen molar-refractivity contribution < 1.29 is 17.6 Å². The first-order chi connectivity index (χ1) is 42.1. The quantitative estimate of drug-likeness (QED) is 0.121. The molecule has 0 bridgehead atoms. The van der Waals surface area contributed by atoms with Crippen molar-refractivity contribution in [2.75, 3.05) is 0 Å². The Morgan fingerprint density at radius 3 is 1.30 bits per heavy atom. The minimum atomic E-state index is -1.33. The molecule has 7 nitrogen and oxygen atoms in total. The average Bonchev–Trinajstić information content (AvgIpc) is 2.78. The molecule has 0 aliphatic rings. The van der Waals surface area contributed by atoms with Crippen LogP contribution in [0.25, 0.3) is 76.4 Å². The second-order valence-corrected chi connectivity index (χ2v) is 22.1. The van der Waals surface area contributed by atoms with Gasteiger partial charge in [0.1, 0.15) is 5.82 Å². The average molecular weight is 1170 g/mol. The van der Waals surface area contributed by atoms with E-state index in [0.717, 1.165) is 59.0 Å². The van der Waals surface area contributed by atoms with Gasteiger partial charge in [0.25, 0.3) is 0 Å². The van der Waals surface area contributed by atoms with E-state index in [2.05, 4.69) is 215 Å². The van der Waals surface area contributed by atoms with Crippen LogP contribution in [-0.2, 0) is 14.1 Å². The molecular weight excluding hydrogens is 1100 g/mol. The fourth-order valence-electron chi connectivity index (χ4n) is 10.7. The number of hydrogen-bond donors (Lipinski definition) is 0. The Bertz CT molecular complexity index is 4550. The van der Waals surface area contributed by atoms with E-state index in [9.17, 15) is 17.6 Å². The van der Waals surface area contributed by atoms with Gasteiger partial charge < -0.3 is 9.13 Å². The van der Waals surface area contributed by atoms with E-state index >= 15 is 0 Å². The molecule has 6 heterocycles. The Hall–Kier alpha value is -9.87. The largest absolute Gasteiger partial charge is 0.344 e. The van der Waals surface area contributed by atoms with Crippen molar-refractivity contribution in [2.45, 2.75) is 83.1 Å². The zero-order chi connectivity index (χ0) is 63.3. The van der Waals surface area contributed by atoms with Gasteiger partial charge in [0.15, 0.2) is 23.3 Å². The van der Waals surface area contributed by atoms with E-state index in [-0.39, 0.29) is 0 Å². The van der Waals surface area contributed by atoms with Crippen molar-refractivity contribution in [2.24, 2.45) is 14.1 Å². The van der Waals surface area contributed by atoms with Crippen LogP contribution in [0.3, 0.4) is 0 Å². The highest BCUT2D eigenvalue weighted by Crippen LogP contribution is 2.33. The first-order valence-electron chi connectivity index (χ1n) is 29.2. The number of hydrogen-bond acceptors (Lipinski definition) is 5. The minimum absolute atomic E-state index is 0.629. The summed E-state index contributed by atoms with van der Waals surface area (Å²) >= 11 is 0. The van der Waals surface area contributed by atoms with Gasteiger partial charge in [-0.15, -0.1) is 0 Å². The first kappa shape index (κ1) is 64.1. The van der Waals surface area contributed by atoms with Gasteiger partial charge in [-0.25, -0.2) is 27.5 Å². The lowest BCUT2D eigenvalue weighted by molar-refractivity contribution is 0.436. The van der Waals surface area contributed by atoms with E-state index in [0.29, 0.717) is 0 Å². The van der Waals surface area contributed by atoms with Gasteiger partial charge in [-0.2, -0.15) is 0 Å². The standard InChI is InChI=1S/C17H15N.2C14H13N.C10H10N2.C8H6F4.2C7H9N/c1-12-15-10-6-7-11-16(15)17(13(2)18-12)14-8-4-3-5-9-14;1-10-7-8-14-12(9-10)11-5-3-4-6-13(11)15(14)2;1-10-7-8-12-11-5-3-4-6-13(11)15(2)14(12)9-10;1-7-9-5-3-4-6-10(9)12-8(2)11-7;1-3-5(9)7(11)4(2)8(12)6(3)10;1-6-3-7(2)5-8-4-6;1-6-4-3-5-7(2)8-6/h3-11H,1-2H3;2*3-9H,1-2H3;3-6H,1-2H3;1-2H3;2*3-5H,1-2H3. The van der Waals surface area contributed by atoms with Crippen LogP contribution < -0.4 is 0 Å². The van der Waals surface area contributed by atoms with Crippen LogP contribution in [0, 0.1) is 106 Å². The highest BCUT2D eigenvalue weighted by molar-refractivity contribution is 6.09.